The molecular formula is C20H26N2O5S. The largest absolute Gasteiger partial charge is 0.497 e. The third-order valence-corrected chi connectivity index (χ3v) is 5.71. The van der Waals surface area contributed by atoms with Gasteiger partial charge in [0.15, 0.2) is 0 Å². The molecule has 152 valence electrons. The van der Waals surface area contributed by atoms with Crippen molar-refractivity contribution >= 4 is 27.3 Å². The third-order valence-electron chi connectivity index (χ3n) is 4.49. The first-order valence-electron chi connectivity index (χ1n) is 8.68. The number of aryl methyl sites for hydroxylation is 2. The lowest BCUT2D eigenvalue weighted by atomic mass is 10.1. The first-order chi connectivity index (χ1) is 13.1. The molecule has 7 nitrogen and oxygen atoms in total. The van der Waals surface area contributed by atoms with Crippen LogP contribution >= 0.6 is 0 Å². The van der Waals surface area contributed by atoms with Gasteiger partial charge in [-0.3, -0.25) is 9.10 Å². The number of rotatable bonds is 7. The number of nitrogens with one attached hydrogen (secondary N) is 1. The molecule has 8 heteroatoms. The molecule has 0 fully saturated rings. The van der Waals surface area contributed by atoms with E-state index < -0.39 is 22.0 Å². The Morgan fingerprint density at radius 3 is 2.25 bits per heavy atom. The summed E-state index contributed by atoms with van der Waals surface area (Å²) in [4.78, 5) is 12.8. The van der Waals surface area contributed by atoms with Gasteiger partial charge in [-0.25, -0.2) is 8.42 Å². The molecule has 2 aromatic rings. The Morgan fingerprint density at radius 1 is 1.04 bits per heavy atom. The number of hydrogen-bond acceptors (Lipinski definition) is 5. The topological polar surface area (TPSA) is 84.9 Å². The average Bonchev–Trinajstić information content (AvgIpc) is 2.63. The SMILES string of the molecule is COc1ccc(OC)c(N(C(C)C(=O)Nc2ccc(C)c(C)c2)S(C)(=O)=O)c1. The van der Waals surface area contributed by atoms with Crippen molar-refractivity contribution in [3.63, 3.8) is 0 Å². The molecule has 0 saturated carbocycles. The molecular weight excluding hydrogens is 380 g/mol. The van der Waals surface area contributed by atoms with Gasteiger partial charge in [-0.2, -0.15) is 0 Å². The number of nitrogens with zero attached hydrogens (tertiary/aromatic N) is 1. The molecule has 2 aromatic carbocycles. The van der Waals surface area contributed by atoms with Crippen molar-refractivity contribution in [1.82, 2.24) is 0 Å². The quantitative estimate of drug-likeness (QED) is 0.764. The van der Waals surface area contributed by atoms with E-state index >= 15 is 0 Å². The molecule has 2 rings (SSSR count). The third kappa shape index (κ3) is 4.75. The van der Waals surface area contributed by atoms with Crippen LogP contribution in [0, 0.1) is 13.8 Å². The lowest BCUT2D eigenvalue weighted by molar-refractivity contribution is -0.116. The highest BCUT2D eigenvalue weighted by Crippen LogP contribution is 2.35. The van der Waals surface area contributed by atoms with E-state index in [1.165, 1.54) is 27.2 Å². The summed E-state index contributed by atoms with van der Waals surface area (Å²) in [5.41, 5.74) is 2.96. The monoisotopic (exact) mass is 406 g/mol. The van der Waals surface area contributed by atoms with E-state index in [4.69, 9.17) is 9.47 Å². The van der Waals surface area contributed by atoms with Gasteiger partial charge in [-0.15, -0.1) is 0 Å². The Kier molecular flexibility index (Phi) is 6.56. The molecule has 0 saturated heterocycles. The van der Waals surface area contributed by atoms with E-state index in [0.717, 1.165) is 21.7 Å². The van der Waals surface area contributed by atoms with Gasteiger partial charge < -0.3 is 14.8 Å². The number of amides is 1. The second-order valence-electron chi connectivity index (χ2n) is 6.56. The van der Waals surface area contributed by atoms with Gasteiger partial charge in [0.1, 0.15) is 17.5 Å². The second-order valence-corrected chi connectivity index (χ2v) is 8.42. The molecule has 0 aromatic heterocycles. The first-order valence-corrected chi connectivity index (χ1v) is 10.5. The molecule has 1 N–H and O–H groups in total. The number of benzene rings is 2. The summed E-state index contributed by atoms with van der Waals surface area (Å²) in [6.45, 7) is 5.44. The van der Waals surface area contributed by atoms with Gasteiger partial charge in [0.25, 0.3) is 0 Å². The Hall–Kier alpha value is -2.74. The highest BCUT2D eigenvalue weighted by Gasteiger charge is 2.31. The maximum absolute atomic E-state index is 12.8. The zero-order valence-electron chi connectivity index (χ0n) is 16.9. The van der Waals surface area contributed by atoms with Crippen molar-refractivity contribution in [2.45, 2.75) is 26.8 Å². The molecule has 28 heavy (non-hydrogen) atoms. The van der Waals surface area contributed by atoms with Crippen LogP contribution in [-0.2, 0) is 14.8 Å². The van der Waals surface area contributed by atoms with Crippen LogP contribution in [0.3, 0.4) is 0 Å². The summed E-state index contributed by atoms with van der Waals surface area (Å²) >= 11 is 0. The smallest absolute Gasteiger partial charge is 0.247 e. The van der Waals surface area contributed by atoms with E-state index in [1.807, 2.05) is 26.0 Å². The Morgan fingerprint density at radius 2 is 1.71 bits per heavy atom. The number of hydrogen-bond donors (Lipinski definition) is 1. The van der Waals surface area contributed by atoms with Crippen LogP contribution in [0.5, 0.6) is 11.5 Å². The van der Waals surface area contributed by atoms with Crippen molar-refractivity contribution in [2.24, 2.45) is 0 Å². The minimum absolute atomic E-state index is 0.229. The Balaban J connectivity index is 2.43. The zero-order chi connectivity index (χ0) is 21.1. The fourth-order valence-corrected chi connectivity index (χ4v) is 3.99. The predicted molar refractivity (Wildman–Crippen MR) is 111 cm³/mol. The van der Waals surface area contributed by atoms with E-state index in [9.17, 15) is 13.2 Å². The van der Waals surface area contributed by atoms with Crippen LogP contribution < -0.4 is 19.1 Å². The number of anilines is 2. The number of ether oxygens (including phenoxy) is 2. The van der Waals surface area contributed by atoms with Crippen LogP contribution in [0.25, 0.3) is 0 Å². The van der Waals surface area contributed by atoms with Crippen LogP contribution in [-0.4, -0.2) is 40.8 Å². The molecule has 1 amide bonds. The highest BCUT2D eigenvalue weighted by atomic mass is 32.2. The van der Waals surface area contributed by atoms with Gasteiger partial charge in [-0.05, 0) is 56.2 Å². The lowest BCUT2D eigenvalue weighted by Crippen LogP contribution is -2.45. The average molecular weight is 407 g/mol. The van der Waals surface area contributed by atoms with E-state index in [0.29, 0.717) is 17.2 Å². The van der Waals surface area contributed by atoms with Crippen molar-refractivity contribution in [2.75, 3.05) is 30.1 Å². The van der Waals surface area contributed by atoms with Crippen LogP contribution in [0.15, 0.2) is 36.4 Å². The van der Waals surface area contributed by atoms with Crippen LogP contribution in [0.1, 0.15) is 18.1 Å². The normalized spacial score (nSPS) is 12.2. The molecule has 0 aliphatic rings. The van der Waals surface area contributed by atoms with Crippen molar-refractivity contribution in [3.05, 3.63) is 47.5 Å². The van der Waals surface area contributed by atoms with Gasteiger partial charge in [0, 0.05) is 11.8 Å². The Bertz CT molecular complexity index is 973. The molecule has 0 bridgehead atoms. The summed E-state index contributed by atoms with van der Waals surface area (Å²) in [6, 6.07) is 9.29. The van der Waals surface area contributed by atoms with Gasteiger partial charge in [-0.1, -0.05) is 6.07 Å². The highest BCUT2D eigenvalue weighted by molar-refractivity contribution is 7.92. The van der Waals surface area contributed by atoms with Crippen LogP contribution in [0.4, 0.5) is 11.4 Å². The lowest BCUT2D eigenvalue weighted by Gasteiger charge is -2.29. The molecule has 1 unspecified atom stereocenters. The summed E-state index contributed by atoms with van der Waals surface area (Å²) < 4.78 is 36.6. The van der Waals surface area contributed by atoms with Crippen molar-refractivity contribution < 1.29 is 22.7 Å². The first kappa shape index (κ1) is 21.6. The second kappa shape index (κ2) is 8.52. The molecule has 0 radical (unpaired) electrons. The fourth-order valence-electron chi connectivity index (χ4n) is 2.82. The summed E-state index contributed by atoms with van der Waals surface area (Å²) in [5, 5.41) is 2.78. The molecule has 0 aliphatic heterocycles. The zero-order valence-corrected chi connectivity index (χ0v) is 17.8. The summed E-state index contributed by atoms with van der Waals surface area (Å²) in [5.74, 6) is 0.307. The standard InChI is InChI=1S/C20H26N2O5S/c1-13-7-8-16(11-14(13)2)21-20(23)15(3)22(28(6,24)25)18-12-17(26-4)9-10-19(18)27-5/h7-12,15H,1-6H3,(H,21,23). The minimum atomic E-state index is -3.79. The van der Waals surface area contributed by atoms with E-state index in [1.54, 1.807) is 18.2 Å². The molecule has 0 aliphatic carbocycles. The van der Waals surface area contributed by atoms with Gasteiger partial charge in [0.05, 0.1) is 26.2 Å². The maximum atomic E-state index is 12.8. The van der Waals surface area contributed by atoms with Gasteiger partial charge in [0.2, 0.25) is 15.9 Å². The van der Waals surface area contributed by atoms with E-state index in [2.05, 4.69) is 5.32 Å². The van der Waals surface area contributed by atoms with Crippen molar-refractivity contribution in [3.8, 4) is 11.5 Å². The molecule has 0 heterocycles. The van der Waals surface area contributed by atoms with Gasteiger partial charge >= 0.3 is 0 Å². The minimum Gasteiger partial charge on any atom is -0.497 e. The molecule has 0 spiro atoms. The molecule has 1 atom stereocenters. The number of methoxy groups -OCH3 is 2. The number of carbonyl (C=O) groups excluding carboxylic acids is 1. The van der Waals surface area contributed by atoms with Crippen molar-refractivity contribution in [1.29, 1.82) is 0 Å². The van der Waals surface area contributed by atoms with Crippen LogP contribution in [0.2, 0.25) is 0 Å². The summed E-state index contributed by atoms with van der Waals surface area (Å²) in [7, 11) is -0.876. The predicted octanol–water partition coefficient (Wildman–Crippen LogP) is 3.11. The number of carbonyl (C=O) groups is 1. The summed E-state index contributed by atoms with van der Waals surface area (Å²) in [6.07, 6.45) is 1.05. The number of sulfonamides is 1. The van der Waals surface area contributed by atoms with E-state index in [-0.39, 0.29) is 5.69 Å². The maximum Gasteiger partial charge on any atom is 0.247 e. The fraction of sp³-hybridized carbons (Fsp3) is 0.350. The Labute approximate surface area is 166 Å².